The summed E-state index contributed by atoms with van der Waals surface area (Å²) in [6.45, 7) is 1.57. The van der Waals surface area contributed by atoms with E-state index in [9.17, 15) is 35.9 Å². The SMILES string of the molecule is CC1=c2c(c(=O)[nH]c(=O)n2C2CC2)=C(N)C(F)C1N1CCC(C(N)C=C(C(F)(F)F)C(F)(F)F)C1. The van der Waals surface area contributed by atoms with Gasteiger partial charge in [0.25, 0.3) is 5.56 Å². The Morgan fingerprint density at radius 2 is 1.71 bits per heavy atom. The maximum Gasteiger partial charge on any atom is 0.421 e. The van der Waals surface area contributed by atoms with E-state index in [1.54, 1.807) is 6.92 Å². The van der Waals surface area contributed by atoms with Crippen molar-refractivity contribution in [1.29, 1.82) is 0 Å². The van der Waals surface area contributed by atoms with Crippen LogP contribution in [0.3, 0.4) is 0 Å². The molecule has 0 radical (unpaired) electrons. The number of likely N-dealkylation sites (tertiary alicyclic amines) is 1. The van der Waals surface area contributed by atoms with Crippen molar-refractivity contribution in [2.75, 3.05) is 13.1 Å². The molecule has 4 atom stereocenters. The first-order valence-corrected chi connectivity index (χ1v) is 11.0. The summed E-state index contributed by atoms with van der Waals surface area (Å²) >= 11 is 0. The maximum atomic E-state index is 15.5. The number of hydrogen-bond acceptors (Lipinski definition) is 5. The first kappa shape index (κ1) is 25.5. The van der Waals surface area contributed by atoms with Crippen molar-refractivity contribution in [3.05, 3.63) is 43.1 Å². The third kappa shape index (κ3) is 4.53. The molecule has 3 aliphatic rings. The van der Waals surface area contributed by atoms with Crippen LogP contribution in [-0.2, 0) is 0 Å². The van der Waals surface area contributed by atoms with E-state index < -0.39 is 53.3 Å². The van der Waals surface area contributed by atoms with Crippen molar-refractivity contribution in [3.8, 4) is 0 Å². The number of nitrogens with two attached hydrogens (primary N) is 2. The highest BCUT2D eigenvalue weighted by molar-refractivity contribution is 5.62. The van der Waals surface area contributed by atoms with Crippen LogP contribution in [-0.4, -0.2) is 58.1 Å². The monoisotopic (exact) mass is 511 g/mol. The highest BCUT2D eigenvalue weighted by Gasteiger charge is 2.51. The van der Waals surface area contributed by atoms with Gasteiger partial charge in [-0.2, -0.15) is 26.3 Å². The quantitative estimate of drug-likeness (QED) is 0.404. The molecule has 4 rings (SSSR count). The molecule has 7 nitrogen and oxygen atoms in total. The van der Waals surface area contributed by atoms with E-state index in [0.29, 0.717) is 18.4 Å². The van der Waals surface area contributed by atoms with Gasteiger partial charge in [0.2, 0.25) is 0 Å². The number of halogens is 7. The highest BCUT2D eigenvalue weighted by atomic mass is 19.4. The summed E-state index contributed by atoms with van der Waals surface area (Å²) in [5.74, 6) is -0.817. The van der Waals surface area contributed by atoms with Gasteiger partial charge in [0.05, 0.1) is 22.3 Å². The molecule has 0 aromatic carbocycles. The normalized spacial score (nSPS) is 26.6. The van der Waals surface area contributed by atoms with Crippen molar-refractivity contribution in [2.24, 2.45) is 17.4 Å². The van der Waals surface area contributed by atoms with Gasteiger partial charge < -0.3 is 11.5 Å². The maximum absolute atomic E-state index is 15.5. The molecule has 14 heteroatoms. The Morgan fingerprint density at radius 3 is 2.26 bits per heavy atom. The summed E-state index contributed by atoms with van der Waals surface area (Å²) in [5.41, 5.74) is 7.52. The number of nitrogens with zero attached hydrogens (tertiary/aromatic N) is 2. The Kier molecular flexibility index (Phi) is 6.19. The predicted molar refractivity (Wildman–Crippen MR) is 112 cm³/mol. The number of H-pyrrole nitrogens is 1. The zero-order valence-electron chi connectivity index (χ0n) is 18.5. The van der Waals surface area contributed by atoms with Crippen LogP contribution in [0.1, 0.15) is 32.2 Å². The molecular formula is C21H24F7N5O2. The van der Waals surface area contributed by atoms with Crippen molar-refractivity contribution in [2.45, 2.75) is 62.8 Å². The molecular weight excluding hydrogens is 487 g/mol. The Labute approximate surface area is 193 Å². The summed E-state index contributed by atoms with van der Waals surface area (Å²) in [7, 11) is 0. The minimum atomic E-state index is -5.63. The number of fused-ring (bicyclic) bond motifs is 1. The lowest BCUT2D eigenvalue weighted by molar-refractivity contribution is -0.172. The minimum Gasteiger partial charge on any atom is -0.399 e. The zero-order chi connectivity index (χ0) is 26.0. The standard InChI is InChI=1S/C21H24F7N5O2/c1-8-16-13(18(34)31-19(35)33(16)10-2-3-10)15(30)14(22)17(8)32-5-4-9(7-32)11(29)6-12(20(23,24)25)21(26,27)28/h6,9-11,14,17H,2-5,7,29-30H2,1H3,(H,31,34,35). The van der Waals surface area contributed by atoms with Crippen LogP contribution >= 0.6 is 0 Å². The van der Waals surface area contributed by atoms with Gasteiger partial charge in [-0.15, -0.1) is 0 Å². The average Bonchev–Trinajstić information content (AvgIpc) is 3.44. The molecule has 0 spiro atoms. The number of allylic oxidation sites excluding steroid dienone is 1. The molecule has 1 saturated carbocycles. The summed E-state index contributed by atoms with van der Waals surface area (Å²) in [4.78, 5) is 28.6. The molecule has 1 aliphatic heterocycles. The van der Waals surface area contributed by atoms with Gasteiger partial charge >= 0.3 is 18.0 Å². The molecule has 4 unspecified atom stereocenters. The Balaban J connectivity index is 1.70. The van der Waals surface area contributed by atoms with E-state index >= 15 is 4.39 Å². The van der Waals surface area contributed by atoms with Crippen LogP contribution in [0, 0.1) is 5.92 Å². The second-order valence-electron chi connectivity index (χ2n) is 9.27. The van der Waals surface area contributed by atoms with Crippen LogP contribution in [0.5, 0.6) is 0 Å². The number of nitrogens with one attached hydrogen (secondary N) is 1. The number of hydrogen-bond donors (Lipinski definition) is 3. The van der Waals surface area contributed by atoms with Gasteiger partial charge in [0.15, 0.2) is 6.17 Å². The van der Waals surface area contributed by atoms with Crippen molar-refractivity contribution in [1.82, 2.24) is 14.5 Å². The Bertz CT molecular complexity index is 1270. The fourth-order valence-electron chi connectivity index (χ4n) is 5.07. The number of alkyl halides is 7. The van der Waals surface area contributed by atoms with E-state index in [2.05, 4.69) is 4.98 Å². The van der Waals surface area contributed by atoms with E-state index in [0.717, 1.165) is 0 Å². The fourth-order valence-corrected chi connectivity index (χ4v) is 5.07. The lowest BCUT2D eigenvalue weighted by Gasteiger charge is -2.34. The molecule has 2 fully saturated rings. The van der Waals surface area contributed by atoms with Gasteiger partial charge in [-0.25, -0.2) is 9.18 Å². The smallest absolute Gasteiger partial charge is 0.399 e. The van der Waals surface area contributed by atoms with Crippen LogP contribution in [0.2, 0.25) is 0 Å². The second kappa shape index (κ2) is 8.50. The fraction of sp³-hybridized carbons (Fsp3) is 0.619. The molecule has 0 bridgehead atoms. The van der Waals surface area contributed by atoms with E-state index in [1.807, 2.05) is 0 Å². The first-order valence-electron chi connectivity index (χ1n) is 11.0. The number of rotatable bonds is 4. The van der Waals surface area contributed by atoms with E-state index in [-0.39, 0.29) is 47.9 Å². The Hall–Kier alpha value is -2.61. The van der Waals surface area contributed by atoms with Crippen LogP contribution in [0.4, 0.5) is 30.7 Å². The largest absolute Gasteiger partial charge is 0.421 e. The van der Waals surface area contributed by atoms with Crippen LogP contribution in [0.15, 0.2) is 21.2 Å². The van der Waals surface area contributed by atoms with Crippen molar-refractivity contribution < 1.29 is 30.7 Å². The summed E-state index contributed by atoms with van der Waals surface area (Å²) < 4.78 is 94.3. The first-order chi connectivity index (χ1) is 16.1. The highest BCUT2D eigenvalue weighted by Crippen LogP contribution is 2.40. The summed E-state index contributed by atoms with van der Waals surface area (Å²) in [6.07, 6.45) is -11.7. The van der Waals surface area contributed by atoms with Crippen molar-refractivity contribution >= 4 is 11.3 Å². The molecule has 2 aliphatic carbocycles. The Morgan fingerprint density at radius 1 is 1.11 bits per heavy atom. The molecule has 0 amide bonds. The van der Waals surface area contributed by atoms with Crippen LogP contribution < -0.4 is 33.3 Å². The molecule has 1 aromatic heterocycles. The van der Waals surface area contributed by atoms with Gasteiger partial charge in [-0.1, -0.05) is 6.08 Å². The van der Waals surface area contributed by atoms with Gasteiger partial charge in [0, 0.05) is 18.6 Å². The summed E-state index contributed by atoms with van der Waals surface area (Å²) in [5, 5.41) is 0.0786. The topological polar surface area (TPSA) is 110 Å². The van der Waals surface area contributed by atoms with Gasteiger partial charge in [-0.3, -0.25) is 19.2 Å². The predicted octanol–water partition coefficient (Wildman–Crippen LogP) is 0.530. The number of aromatic amines is 1. The lowest BCUT2D eigenvalue weighted by atomic mass is 9.93. The molecule has 1 saturated heterocycles. The molecule has 194 valence electrons. The zero-order valence-corrected chi connectivity index (χ0v) is 18.5. The lowest BCUT2D eigenvalue weighted by Crippen LogP contribution is -2.62. The number of aromatic nitrogens is 2. The second-order valence-corrected chi connectivity index (χ2v) is 9.27. The minimum absolute atomic E-state index is 0.0291. The van der Waals surface area contributed by atoms with E-state index in [4.69, 9.17) is 11.5 Å². The van der Waals surface area contributed by atoms with E-state index in [1.165, 1.54) is 9.47 Å². The molecule has 2 heterocycles. The molecule has 5 N–H and O–H groups in total. The average molecular weight is 511 g/mol. The third-order valence-corrected chi connectivity index (χ3v) is 6.90. The molecule has 35 heavy (non-hydrogen) atoms. The van der Waals surface area contributed by atoms with Gasteiger partial charge in [0.1, 0.15) is 5.57 Å². The summed E-state index contributed by atoms with van der Waals surface area (Å²) in [6, 6.07) is -2.82. The van der Waals surface area contributed by atoms with Gasteiger partial charge in [-0.05, 0) is 44.2 Å². The molecule has 1 aromatic rings. The van der Waals surface area contributed by atoms with Crippen LogP contribution in [0.25, 0.3) is 11.3 Å². The van der Waals surface area contributed by atoms with Crippen molar-refractivity contribution in [3.63, 3.8) is 0 Å². The third-order valence-electron chi connectivity index (χ3n) is 6.90.